The quantitative estimate of drug-likeness (QED) is 0.219. The average Bonchev–Trinajstić information content (AvgIpc) is 3.28. The van der Waals surface area contributed by atoms with Crippen molar-refractivity contribution in [3.8, 4) is 22.4 Å². The van der Waals surface area contributed by atoms with E-state index in [-0.39, 0.29) is 5.69 Å². The van der Waals surface area contributed by atoms with E-state index in [1.807, 2.05) is 60.7 Å². The van der Waals surface area contributed by atoms with Crippen LogP contribution in [0.5, 0.6) is 0 Å². The number of anilines is 1. The molecule has 0 unspecified atom stereocenters. The zero-order valence-corrected chi connectivity index (χ0v) is 17.2. The van der Waals surface area contributed by atoms with Gasteiger partial charge < -0.3 is 0 Å². The lowest BCUT2D eigenvalue weighted by atomic mass is 9.97. The number of nitrogens with zero attached hydrogens (tertiary/aromatic N) is 5. The minimum Gasteiger partial charge on any atom is -0.259 e. The van der Waals surface area contributed by atoms with Gasteiger partial charge in [-0.3, -0.25) is 20.6 Å². The first kappa shape index (κ1) is 20.0. The van der Waals surface area contributed by atoms with Crippen LogP contribution < -0.4 is 5.43 Å². The third-order valence-corrected chi connectivity index (χ3v) is 5.08. The van der Waals surface area contributed by atoms with Gasteiger partial charge in [0.2, 0.25) is 0 Å². The van der Waals surface area contributed by atoms with E-state index in [9.17, 15) is 10.1 Å². The Balaban J connectivity index is 1.57. The molecule has 0 aliphatic heterocycles. The van der Waals surface area contributed by atoms with Crippen LogP contribution in [0.3, 0.4) is 0 Å². The molecule has 0 saturated carbocycles. The molecular weight excluding hydrogens is 418 g/mol. The number of nitrogens with one attached hydrogen (secondary N) is 2. The van der Waals surface area contributed by atoms with E-state index in [2.05, 4.69) is 30.9 Å². The third kappa shape index (κ3) is 4.02. The lowest BCUT2D eigenvalue weighted by molar-refractivity contribution is -0.384. The first-order valence-corrected chi connectivity index (χ1v) is 10.1. The van der Waals surface area contributed by atoms with Crippen LogP contribution in [0, 0.1) is 10.1 Å². The molecule has 9 heteroatoms. The van der Waals surface area contributed by atoms with Gasteiger partial charge in [-0.1, -0.05) is 60.7 Å². The van der Waals surface area contributed by atoms with Crippen molar-refractivity contribution in [1.82, 2.24) is 20.4 Å². The van der Waals surface area contributed by atoms with Crippen LogP contribution in [0.2, 0.25) is 0 Å². The molecule has 0 bridgehead atoms. The predicted octanol–water partition coefficient (Wildman–Crippen LogP) is 5.04. The highest BCUT2D eigenvalue weighted by atomic mass is 16.6. The van der Waals surface area contributed by atoms with Crippen LogP contribution >= 0.6 is 0 Å². The van der Waals surface area contributed by atoms with Gasteiger partial charge in [-0.2, -0.15) is 10.2 Å². The van der Waals surface area contributed by atoms with Gasteiger partial charge in [-0.05, 0) is 23.3 Å². The van der Waals surface area contributed by atoms with Gasteiger partial charge in [-0.25, -0.2) is 0 Å². The number of benzene rings is 3. The molecule has 0 fully saturated rings. The zero-order chi connectivity index (χ0) is 22.6. The Bertz CT molecular complexity index is 1450. The second-order valence-electron chi connectivity index (χ2n) is 7.17. The number of nitro groups is 1. The standard InChI is InChI=1S/C24H17N7O2/c32-31(33)19-13-11-16(12-14-19)15-25-27-23-21-20(17-7-3-1-4-8-17)22(18-9-5-2-6-10-18)26-28-24(21)30-29-23/h1-15H,(H2,27,28,29,30)/b25-15+. The van der Waals surface area contributed by atoms with Gasteiger partial charge in [0.05, 0.1) is 16.5 Å². The molecule has 9 nitrogen and oxygen atoms in total. The maximum Gasteiger partial charge on any atom is 0.269 e. The second kappa shape index (κ2) is 8.67. The summed E-state index contributed by atoms with van der Waals surface area (Å²) in [4.78, 5) is 10.4. The number of hydrogen-bond donors (Lipinski definition) is 2. The van der Waals surface area contributed by atoms with Crippen molar-refractivity contribution in [2.24, 2.45) is 5.10 Å². The summed E-state index contributed by atoms with van der Waals surface area (Å²) in [5, 5.41) is 31.9. The maximum atomic E-state index is 10.8. The van der Waals surface area contributed by atoms with Crippen molar-refractivity contribution in [3.63, 3.8) is 0 Å². The highest BCUT2D eigenvalue weighted by Gasteiger charge is 2.19. The molecule has 0 radical (unpaired) electrons. The molecule has 0 spiro atoms. The summed E-state index contributed by atoms with van der Waals surface area (Å²) in [6.45, 7) is 0. The number of aromatic amines is 1. The van der Waals surface area contributed by atoms with Crippen LogP contribution in [0.15, 0.2) is 90.0 Å². The monoisotopic (exact) mass is 435 g/mol. The summed E-state index contributed by atoms with van der Waals surface area (Å²) in [7, 11) is 0. The third-order valence-electron chi connectivity index (χ3n) is 5.08. The fourth-order valence-corrected chi connectivity index (χ4v) is 3.53. The van der Waals surface area contributed by atoms with E-state index >= 15 is 0 Å². The van der Waals surface area contributed by atoms with Crippen molar-refractivity contribution < 1.29 is 4.92 Å². The molecule has 0 aliphatic rings. The largest absolute Gasteiger partial charge is 0.269 e. The summed E-state index contributed by atoms with van der Waals surface area (Å²) in [5.41, 5.74) is 7.76. The van der Waals surface area contributed by atoms with Crippen LogP contribution in [0.4, 0.5) is 11.5 Å². The van der Waals surface area contributed by atoms with Crippen LogP contribution in [-0.4, -0.2) is 31.5 Å². The Morgan fingerprint density at radius 3 is 2.21 bits per heavy atom. The molecule has 2 aromatic heterocycles. The van der Waals surface area contributed by atoms with Gasteiger partial charge in [0.25, 0.3) is 5.69 Å². The molecule has 0 saturated heterocycles. The van der Waals surface area contributed by atoms with Crippen LogP contribution in [-0.2, 0) is 0 Å². The summed E-state index contributed by atoms with van der Waals surface area (Å²) >= 11 is 0. The van der Waals surface area contributed by atoms with Gasteiger partial charge in [0.15, 0.2) is 11.5 Å². The number of non-ortho nitro benzene ring substituents is 1. The Labute approximate surface area is 188 Å². The topological polar surface area (TPSA) is 122 Å². The van der Waals surface area contributed by atoms with Crippen LogP contribution in [0.25, 0.3) is 33.4 Å². The van der Waals surface area contributed by atoms with Gasteiger partial charge >= 0.3 is 0 Å². The molecule has 2 heterocycles. The summed E-state index contributed by atoms with van der Waals surface area (Å²) < 4.78 is 0. The Hall–Kier alpha value is -4.92. The van der Waals surface area contributed by atoms with Crippen LogP contribution in [0.1, 0.15) is 5.56 Å². The zero-order valence-electron chi connectivity index (χ0n) is 17.2. The van der Waals surface area contributed by atoms with E-state index in [4.69, 9.17) is 0 Å². The smallest absolute Gasteiger partial charge is 0.259 e. The highest BCUT2D eigenvalue weighted by Crippen LogP contribution is 2.38. The molecule has 0 aliphatic carbocycles. The van der Waals surface area contributed by atoms with E-state index in [1.165, 1.54) is 12.1 Å². The molecule has 0 atom stereocenters. The first-order valence-electron chi connectivity index (χ1n) is 10.1. The number of hydrogen-bond acceptors (Lipinski definition) is 7. The lowest BCUT2D eigenvalue weighted by Gasteiger charge is -2.10. The first-order chi connectivity index (χ1) is 16.2. The molecule has 5 aromatic rings. The van der Waals surface area contributed by atoms with Crippen molar-refractivity contribution in [3.05, 3.63) is 101 Å². The normalized spacial score (nSPS) is 11.2. The summed E-state index contributed by atoms with van der Waals surface area (Å²) in [6.07, 6.45) is 1.57. The van der Waals surface area contributed by atoms with E-state index in [0.29, 0.717) is 17.0 Å². The Morgan fingerprint density at radius 1 is 0.879 bits per heavy atom. The number of aromatic nitrogens is 4. The number of rotatable bonds is 6. The fourth-order valence-electron chi connectivity index (χ4n) is 3.53. The molecule has 5 rings (SSSR count). The number of hydrazone groups is 1. The van der Waals surface area contributed by atoms with E-state index in [1.54, 1.807) is 18.3 Å². The van der Waals surface area contributed by atoms with Crippen molar-refractivity contribution >= 4 is 28.8 Å². The average molecular weight is 435 g/mol. The molecule has 0 amide bonds. The minimum absolute atomic E-state index is 0.0259. The minimum atomic E-state index is -0.439. The second-order valence-corrected chi connectivity index (χ2v) is 7.17. The molecule has 3 aromatic carbocycles. The Morgan fingerprint density at radius 2 is 1.55 bits per heavy atom. The number of H-pyrrole nitrogens is 1. The molecule has 33 heavy (non-hydrogen) atoms. The van der Waals surface area contributed by atoms with Crippen molar-refractivity contribution in [2.45, 2.75) is 0 Å². The highest BCUT2D eigenvalue weighted by molar-refractivity contribution is 6.05. The van der Waals surface area contributed by atoms with Gasteiger partial charge in [0.1, 0.15) is 5.69 Å². The van der Waals surface area contributed by atoms with Crippen molar-refractivity contribution in [1.29, 1.82) is 0 Å². The summed E-state index contributed by atoms with van der Waals surface area (Å²) in [6, 6.07) is 25.9. The molecule has 2 N–H and O–H groups in total. The van der Waals surface area contributed by atoms with E-state index in [0.717, 1.165) is 27.8 Å². The molecular formula is C24H17N7O2. The maximum absolute atomic E-state index is 10.8. The van der Waals surface area contributed by atoms with Gasteiger partial charge in [0, 0.05) is 23.3 Å². The molecule has 160 valence electrons. The Kier molecular flexibility index (Phi) is 5.26. The van der Waals surface area contributed by atoms with Gasteiger partial charge in [-0.15, -0.1) is 10.2 Å². The fraction of sp³-hybridized carbons (Fsp3) is 0. The lowest BCUT2D eigenvalue weighted by Crippen LogP contribution is -1.97. The number of fused-ring (bicyclic) bond motifs is 1. The predicted molar refractivity (Wildman–Crippen MR) is 127 cm³/mol. The number of nitro benzene ring substituents is 1. The summed E-state index contributed by atoms with van der Waals surface area (Å²) in [5.74, 6) is 0.495. The van der Waals surface area contributed by atoms with Crippen molar-refractivity contribution in [2.75, 3.05) is 5.43 Å². The SMILES string of the molecule is O=[N+]([O-])c1ccc(/C=N/Nc2n[nH]c3nnc(-c4ccccc4)c(-c4ccccc4)c23)cc1. The van der Waals surface area contributed by atoms with E-state index < -0.39 is 4.92 Å².